The van der Waals surface area contributed by atoms with Crippen molar-refractivity contribution in [1.29, 1.82) is 0 Å². The van der Waals surface area contributed by atoms with Crippen molar-refractivity contribution in [1.82, 2.24) is 4.90 Å². The Kier molecular flexibility index (Phi) is 7.38. The predicted molar refractivity (Wildman–Crippen MR) is 134 cm³/mol. The molecule has 6 heteroatoms. The molecule has 1 aliphatic heterocycles. The Balaban J connectivity index is 1.40. The van der Waals surface area contributed by atoms with Gasteiger partial charge < -0.3 is 15.5 Å². The first-order chi connectivity index (χ1) is 16.4. The molecule has 0 bridgehead atoms. The van der Waals surface area contributed by atoms with Crippen molar-refractivity contribution >= 4 is 23.1 Å². The lowest BCUT2D eigenvalue weighted by Crippen LogP contribution is -2.42. The number of nitrogens with two attached hydrogens (primary N) is 1. The number of hydrogen-bond donors (Lipinski definition) is 1. The molecular weight excluding hydrogens is 429 g/mol. The minimum Gasteiger partial charge on any atom is -0.399 e. The summed E-state index contributed by atoms with van der Waals surface area (Å²) in [7, 11) is 0. The van der Waals surface area contributed by atoms with Gasteiger partial charge in [-0.05, 0) is 87.5 Å². The quantitative estimate of drug-likeness (QED) is 0.401. The van der Waals surface area contributed by atoms with E-state index in [4.69, 9.17) is 5.73 Å². The Hall–Kier alpha value is -3.51. The van der Waals surface area contributed by atoms with Crippen molar-refractivity contribution < 1.29 is 14.0 Å². The summed E-state index contributed by atoms with van der Waals surface area (Å²) in [4.78, 5) is 30.2. The molecule has 1 saturated heterocycles. The average molecular weight is 460 g/mol. The summed E-state index contributed by atoms with van der Waals surface area (Å²) < 4.78 is 13.2. The first kappa shape index (κ1) is 23.6. The molecule has 4 rings (SSSR count). The first-order valence-electron chi connectivity index (χ1n) is 11.7. The third kappa shape index (κ3) is 5.69. The van der Waals surface area contributed by atoms with Gasteiger partial charge in [0.05, 0.1) is 0 Å². The van der Waals surface area contributed by atoms with Gasteiger partial charge in [-0.25, -0.2) is 4.39 Å². The largest absolute Gasteiger partial charge is 0.399 e. The Morgan fingerprint density at radius 3 is 2.29 bits per heavy atom. The number of benzene rings is 3. The van der Waals surface area contributed by atoms with Crippen molar-refractivity contribution in [3.05, 3.63) is 95.3 Å². The second kappa shape index (κ2) is 10.6. The van der Waals surface area contributed by atoms with Crippen molar-refractivity contribution in [3.8, 4) is 0 Å². The maximum Gasteiger partial charge on any atom is 0.258 e. The number of Topliss-reactive ketones (excluding diaryl/α,β-unsaturated/α-hetero) is 1. The van der Waals surface area contributed by atoms with Crippen LogP contribution in [0.15, 0.2) is 72.8 Å². The summed E-state index contributed by atoms with van der Waals surface area (Å²) in [6, 6.07) is 20.8. The molecule has 3 aromatic carbocycles. The van der Waals surface area contributed by atoms with Crippen LogP contribution in [0.1, 0.15) is 39.1 Å². The molecule has 0 aliphatic carbocycles. The van der Waals surface area contributed by atoms with Crippen molar-refractivity contribution in [2.75, 3.05) is 36.8 Å². The minimum absolute atomic E-state index is 0.0520. The van der Waals surface area contributed by atoms with Gasteiger partial charge in [-0.2, -0.15) is 0 Å². The van der Waals surface area contributed by atoms with E-state index in [-0.39, 0.29) is 23.4 Å². The van der Waals surface area contributed by atoms with Crippen molar-refractivity contribution in [2.45, 2.75) is 19.8 Å². The van der Waals surface area contributed by atoms with Gasteiger partial charge in [0.25, 0.3) is 5.91 Å². The molecule has 1 aliphatic rings. The number of nitrogen functional groups attached to an aromatic ring is 1. The number of halogens is 1. The van der Waals surface area contributed by atoms with E-state index in [9.17, 15) is 14.0 Å². The Labute approximate surface area is 200 Å². The third-order valence-electron chi connectivity index (χ3n) is 6.45. The number of ketones is 1. The SMILES string of the molecule is Cc1ccc(N(CCN2CCC(C(=O)c3ccc(F)cc3)CC2)C(=O)c2cccc(N)c2)cc1. The Morgan fingerprint density at radius 2 is 1.65 bits per heavy atom. The highest BCUT2D eigenvalue weighted by Gasteiger charge is 2.27. The number of carbonyl (C=O) groups excluding carboxylic acids is 2. The summed E-state index contributed by atoms with van der Waals surface area (Å²) in [6.07, 6.45) is 1.51. The molecule has 5 nitrogen and oxygen atoms in total. The van der Waals surface area contributed by atoms with Crippen LogP contribution in [0.2, 0.25) is 0 Å². The molecular formula is C28H30FN3O2. The molecule has 0 unspecified atom stereocenters. The fourth-order valence-electron chi connectivity index (χ4n) is 4.41. The molecule has 0 atom stereocenters. The van der Waals surface area contributed by atoms with Crippen LogP contribution < -0.4 is 10.6 Å². The number of amides is 1. The lowest BCUT2D eigenvalue weighted by molar-refractivity contribution is 0.0841. The van der Waals surface area contributed by atoms with E-state index in [0.29, 0.717) is 29.9 Å². The molecule has 0 saturated carbocycles. The second-order valence-corrected chi connectivity index (χ2v) is 8.90. The Morgan fingerprint density at radius 1 is 0.971 bits per heavy atom. The van der Waals surface area contributed by atoms with Gasteiger partial charge in [0, 0.05) is 41.5 Å². The van der Waals surface area contributed by atoms with E-state index >= 15 is 0 Å². The molecule has 34 heavy (non-hydrogen) atoms. The van der Waals surface area contributed by atoms with E-state index in [1.165, 1.54) is 12.1 Å². The van der Waals surface area contributed by atoms with Crippen molar-refractivity contribution in [3.63, 3.8) is 0 Å². The highest BCUT2D eigenvalue weighted by Crippen LogP contribution is 2.23. The zero-order valence-electron chi connectivity index (χ0n) is 19.4. The topological polar surface area (TPSA) is 66.6 Å². The molecule has 176 valence electrons. The van der Waals surface area contributed by atoms with Gasteiger partial charge in [-0.3, -0.25) is 9.59 Å². The molecule has 0 aromatic heterocycles. The summed E-state index contributed by atoms with van der Waals surface area (Å²) >= 11 is 0. The molecule has 0 spiro atoms. The van der Waals surface area contributed by atoms with Crippen LogP contribution in [0.25, 0.3) is 0 Å². The van der Waals surface area contributed by atoms with E-state index in [0.717, 1.165) is 37.2 Å². The van der Waals surface area contributed by atoms with E-state index in [2.05, 4.69) is 4.90 Å². The Bertz CT molecular complexity index is 1140. The fraction of sp³-hybridized carbons (Fsp3) is 0.286. The number of likely N-dealkylation sites (tertiary alicyclic amines) is 1. The summed E-state index contributed by atoms with van der Waals surface area (Å²) in [5.74, 6) is -0.392. The number of rotatable bonds is 7. The molecule has 1 fully saturated rings. The summed E-state index contributed by atoms with van der Waals surface area (Å²) in [6.45, 7) is 4.83. The molecule has 2 N–H and O–H groups in total. The highest BCUT2D eigenvalue weighted by molar-refractivity contribution is 6.06. The number of nitrogens with zero attached hydrogens (tertiary/aromatic N) is 2. The summed E-state index contributed by atoms with van der Waals surface area (Å²) in [5, 5.41) is 0. The van der Waals surface area contributed by atoms with Gasteiger partial charge in [0.15, 0.2) is 5.78 Å². The summed E-state index contributed by atoms with van der Waals surface area (Å²) in [5.41, 5.74) is 9.57. The van der Waals surface area contributed by atoms with E-state index in [1.807, 2.05) is 31.2 Å². The standard InChI is InChI=1S/C28H30FN3O2/c1-20-5-11-26(12-6-20)32(28(34)23-3-2-4-25(30)19-23)18-17-31-15-13-22(14-16-31)27(33)21-7-9-24(29)10-8-21/h2-12,19,22H,13-18,30H2,1H3. The number of anilines is 2. The lowest BCUT2D eigenvalue weighted by atomic mass is 9.89. The minimum atomic E-state index is -0.336. The zero-order valence-corrected chi connectivity index (χ0v) is 19.4. The maximum absolute atomic E-state index is 13.4. The van der Waals surface area contributed by atoms with Crippen LogP contribution in [0.3, 0.4) is 0 Å². The average Bonchev–Trinajstić information content (AvgIpc) is 2.85. The monoisotopic (exact) mass is 459 g/mol. The molecule has 0 radical (unpaired) electrons. The molecule has 3 aromatic rings. The number of piperidine rings is 1. The lowest BCUT2D eigenvalue weighted by Gasteiger charge is -2.33. The molecule has 1 heterocycles. The van der Waals surface area contributed by atoms with E-state index < -0.39 is 0 Å². The number of aryl methyl sites for hydroxylation is 1. The first-order valence-corrected chi connectivity index (χ1v) is 11.7. The highest BCUT2D eigenvalue weighted by atomic mass is 19.1. The van der Waals surface area contributed by atoms with Gasteiger partial charge in [-0.1, -0.05) is 23.8 Å². The third-order valence-corrected chi connectivity index (χ3v) is 6.45. The fourth-order valence-corrected chi connectivity index (χ4v) is 4.41. The number of hydrogen-bond acceptors (Lipinski definition) is 4. The number of carbonyl (C=O) groups is 2. The van der Waals surface area contributed by atoms with Gasteiger partial charge in [-0.15, -0.1) is 0 Å². The van der Waals surface area contributed by atoms with Crippen LogP contribution in [-0.2, 0) is 0 Å². The van der Waals surface area contributed by atoms with Gasteiger partial charge >= 0.3 is 0 Å². The van der Waals surface area contributed by atoms with Gasteiger partial charge in [0.2, 0.25) is 0 Å². The molecule has 1 amide bonds. The van der Waals surface area contributed by atoms with Crippen LogP contribution in [0, 0.1) is 18.7 Å². The van der Waals surface area contributed by atoms with Crippen LogP contribution >= 0.6 is 0 Å². The maximum atomic E-state index is 13.4. The normalized spacial score (nSPS) is 14.6. The van der Waals surface area contributed by atoms with Gasteiger partial charge in [0.1, 0.15) is 5.82 Å². The van der Waals surface area contributed by atoms with Crippen molar-refractivity contribution in [2.24, 2.45) is 5.92 Å². The smallest absolute Gasteiger partial charge is 0.258 e. The second-order valence-electron chi connectivity index (χ2n) is 8.90. The van der Waals surface area contributed by atoms with E-state index in [1.54, 1.807) is 41.3 Å². The predicted octanol–water partition coefficient (Wildman–Crippen LogP) is 4.96. The van der Waals surface area contributed by atoms with Crippen LogP contribution in [0.5, 0.6) is 0 Å². The van der Waals surface area contributed by atoms with Crippen LogP contribution in [-0.4, -0.2) is 42.8 Å². The zero-order chi connectivity index (χ0) is 24.1. The van der Waals surface area contributed by atoms with Crippen LogP contribution in [0.4, 0.5) is 15.8 Å².